The van der Waals surface area contributed by atoms with Gasteiger partial charge in [0.1, 0.15) is 5.82 Å². The van der Waals surface area contributed by atoms with E-state index in [2.05, 4.69) is 16.2 Å². The molecule has 1 aromatic heterocycles. The molecule has 2 aliphatic rings. The average molecular weight is 370 g/mol. The minimum absolute atomic E-state index is 0.0444. The van der Waals surface area contributed by atoms with Crippen molar-refractivity contribution in [2.75, 3.05) is 19.6 Å². The average Bonchev–Trinajstić information content (AvgIpc) is 3.08. The second-order valence-electron chi connectivity index (χ2n) is 7.86. The maximum absolute atomic E-state index is 13.9. The van der Waals surface area contributed by atoms with E-state index in [0.717, 1.165) is 45.4 Å². The van der Waals surface area contributed by atoms with Crippen molar-refractivity contribution < 1.29 is 9.18 Å². The number of aryl methyl sites for hydroxylation is 1. The van der Waals surface area contributed by atoms with Crippen molar-refractivity contribution in [2.24, 2.45) is 13.0 Å². The van der Waals surface area contributed by atoms with Gasteiger partial charge in [0, 0.05) is 44.5 Å². The molecule has 4 rings (SSSR count). The molecule has 0 bridgehead atoms. The Kier molecular flexibility index (Phi) is 5.25. The van der Waals surface area contributed by atoms with Gasteiger partial charge in [0.05, 0.1) is 12.6 Å². The Hall–Kier alpha value is -2.21. The van der Waals surface area contributed by atoms with Crippen LogP contribution in [0.2, 0.25) is 0 Å². The highest BCUT2D eigenvalue weighted by atomic mass is 19.1. The second-order valence-corrected chi connectivity index (χ2v) is 7.86. The van der Waals surface area contributed by atoms with Crippen LogP contribution in [0.5, 0.6) is 0 Å². The number of benzene rings is 1. The number of piperidine rings is 2. The van der Waals surface area contributed by atoms with Gasteiger partial charge in [-0.2, -0.15) is 5.10 Å². The highest BCUT2D eigenvalue weighted by molar-refractivity contribution is 5.79. The highest BCUT2D eigenvalue weighted by Gasteiger charge is 2.37. The number of hydrogen-bond acceptors (Lipinski definition) is 3. The number of likely N-dealkylation sites (tertiary alicyclic amines) is 2. The Morgan fingerprint density at radius 3 is 2.89 bits per heavy atom. The number of rotatable bonds is 4. The molecule has 0 saturated carbocycles. The van der Waals surface area contributed by atoms with Crippen molar-refractivity contribution >= 4 is 5.91 Å². The monoisotopic (exact) mass is 370 g/mol. The van der Waals surface area contributed by atoms with E-state index >= 15 is 0 Å². The molecule has 1 amide bonds. The number of aromatic nitrogens is 2. The zero-order valence-electron chi connectivity index (χ0n) is 15.9. The molecule has 0 unspecified atom stereocenters. The Bertz CT molecular complexity index is 805. The molecule has 0 radical (unpaired) electrons. The number of amides is 1. The van der Waals surface area contributed by atoms with E-state index in [9.17, 15) is 9.18 Å². The number of halogens is 1. The quantitative estimate of drug-likeness (QED) is 0.831. The van der Waals surface area contributed by atoms with Crippen molar-refractivity contribution in [2.45, 2.75) is 38.3 Å². The zero-order chi connectivity index (χ0) is 18.8. The van der Waals surface area contributed by atoms with Crippen LogP contribution in [0.3, 0.4) is 0 Å². The zero-order valence-corrected chi connectivity index (χ0v) is 15.9. The molecule has 2 fully saturated rings. The van der Waals surface area contributed by atoms with Crippen LogP contribution in [0.1, 0.15) is 30.4 Å². The summed E-state index contributed by atoms with van der Waals surface area (Å²) in [5.41, 5.74) is 1.74. The van der Waals surface area contributed by atoms with Crippen molar-refractivity contribution in [3.63, 3.8) is 0 Å². The predicted octanol–water partition coefficient (Wildman–Crippen LogP) is 2.61. The van der Waals surface area contributed by atoms with E-state index in [1.165, 1.54) is 11.6 Å². The summed E-state index contributed by atoms with van der Waals surface area (Å²) in [6.45, 7) is 3.59. The fourth-order valence-electron chi connectivity index (χ4n) is 4.63. The Balaban J connectivity index is 1.38. The van der Waals surface area contributed by atoms with Gasteiger partial charge in [-0.05, 0) is 43.4 Å². The second kappa shape index (κ2) is 7.80. The lowest BCUT2D eigenvalue weighted by Gasteiger charge is -2.47. The molecular formula is C21H27FN4O. The molecule has 6 heteroatoms. The van der Waals surface area contributed by atoms with Gasteiger partial charge in [0.25, 0.3) is 0 Å². The minimum atomic E-state index is -0.291. The van der Waals surface area contributed by atoms with E-state index in [1.54, 1.807) is 18.2 Å². The summed E-state index contributed by atoms with van der Waals surface area (Å²) in [6, 6.07) is 7.10. The lowest BCUT2D eigenvalue weighted by molar-refractivity contribution is -0.134. The minimum Gasteiger partial charge on any atom is -0.342 e. The summed E-state index contributed by atoms with van der Waals surface area (Å²) in [6.07, 6.45) is 7.50. The molecule has 2 aliphatic heterocycles. The molecule has 0 aliphatic carbocycles. The van der Waals surface area contributed by atoms with E-state index < -0.39 is 0 Å². The van der Waals surface area contributed by atoms with Crippen molar-refractivity contribution in [1.82, 2.24) is 19.6 Å². The molecule has 2 saturated heterocycles. The van der Waals surface area contributed by atoms with E-state index in [4.69, 9.17) is 0 Å². The Morgan fingerprint density at radius 2 is 2.11 bits per heavy atom. The molecule has 2 atom stereocenters. The smallest absolute Gasteiger partial charge is 0.227 e. The number of nitrogens with zero attached hydrogens (tertiary/aromatic N) is 4. The van der Waals surface area contributed by atoms with Crippen molar-refractivity contribution in [1.29, 1.82) is 0 Å². The lowest BCUT2D eigenvalue weighted by Crippen LogP contribution is -2.55. The summed E-state index contributed by atoms with van der Waals surface area (Å²) >= 11 is 0. The highest BCUT2D eigenvalue weighted by Crippen LogP contribution is 2.32. The first-order valence-electron chi connectivity index (χ1n) is 9.83. The van der Waals surface area contributed by atoms with Crippen LogP contribution in [0.4, 0.5) is 4.39 Å². The third-order valence-electron chi connectivity index (χ3n) is 5.98. The van der Waals surface area contributed by atoms with Gasteiger partial charge in [-0.3, -0.25) is 14.4 Å². The summed E-state index contributed by atoms with van der Waals surface area (Å²) < 4.78 is 15.7. The largest absolute Gasteiger partial charge is 0.342 e. The van der Waals surface area contributed by atoms with Crippen LogP contribution in [-0.4, -0.2) is 51.2 Å². The van der Waals surface area contributed by atoms with Crippen LogP contribution in [0.15, 0.2) is 36.7 Å². The van der Waals surface area contributed by atoms with E-state index in [0.29, 0.717) is 17.5 Å². The van der Waals surface area contributed by atoms with Gasteiger partial charge in [0.15, 0.2) is 0 Å². The Morgan fingerprint density at radius 1 is 1.26 bits per heavy atom. The van der Waals surface area contributed by atoms with Gasteiger partial charge in [-0.1, -0.05) is 18.2 Å². The number of carbonyl (C=O) groups is 1. The van der Waals surface area contributed by atoms with Crippen LogP contribution >= 0.6 is 0 Å². The molecule has 2 aromatic rings. The normalized spacial score (nSPS) is 23.3. The molecule has 0 N–H and O–H groups in total. The standard InChI is InChI=1S/C21H27FN4O/c1-24-13-16(12-23-24)14-25-9-4-6-18-15-26(10-8-20(18)25)21(27)11-17-5-2-3-7-19(17)22/h2-3,5,7,12-13,18,20H,4,6,8-11,14-15H2,1H3/t18-,20+/m1/s1. The number of carbonyl (C=O) groups excluding carboxylic acids is 1. The molecule has 144 valence electrons. The van der Waals surface area contributed by atoms with Gasteiger partial charge in [-0.25, -0.2) is 4.39 Å². The van der Waals surface area contributed by atoms with Crippen LogP contribution in [-0.2, 0) is 24.8 Å². The molecule has 0 spiro atoms. The third-order valence-corrected chi connectivity index (χ3v) is 5.98. The van der Waals surface area contributed by atoms with E-state index in [1.807, 2.05) is 22.8 Å². The fraction of sp³-hybridized carbons (Fsp3) is 0.524. The Labute approximate surface area is 159 Å². The maximum atomic E-state index is 13.9. The topological polar surface area (TPSA) is 41.4 Å². The lowest BCUT2D eigenvalue weighted by atomic mass is 9.83. The first-order valence-corrected chi connectivity index (χ1v) is 9.83. The van der Waals surface area contributed by atoms with Gasteiger partial charge >= 0.3 is 0 Å². The van der Waals surface area contributed by atoms with Crippen LogP contribution in [0.25, 0.3) is 0 Å². The summed E-state index contributed by atoms with van der Waals surface area (Å²) in [5.74, 6) is 0.262. The first-order chi connectivity index (χ1) is 13.1. The maximum Gasteiger partial charge on any atom is 0.227 e. The molecule has 27 heavy (non-hydrogen) atoms. The third kappa shape index (κ3) is 4.05. The summed E-state index contributed by atoms with van der Waals surface area (Å²) in [4.78, 5) is 17.2. The van der Waals surface area contributed by atoms with Gasteiger partial charge < -0.3 is 4.90 Å². The summed E-state index contributed by atoms with van der Waals surface area (Å²) in [7, 11) is 1.95. The molecule has 1 aromatic carbocycles. The SMILES string of the molecule is Cn1cc(CN2CCC[C@@H]3CN(C(=O)Cc4ccccc4F)CC[C@@H]32)cn1. The molecular weight excluding hydrogens is 343 g/mol. The number of fused-ring (bicyclic) bond motifs is 1. The van der Waals surface area contributed by atoms with Gasteiger partial charge in [-0.15, -0.1) is 0 Å². The van der Waals surface area contributed by atoms with Crippen LogP contribution < -0.4 is 0 Å². The predicted molar refractivity (Wildman–Crippen MR) is 101 cm³/mol. The molecule has 5 nitrogen and oxygen atoms in total. The van der Waals surface area contributed by atoms with Crippen LogP contribution in [0, 0.1) is 11.7 Å². The number of hydrogen-bond donors (Lipinski definition) is 0. The van der Waals surface area contributed by atoms with Crippen molar-refractivity contribution in [3.05, 3.63) is 53.6 Å². The van der Waals surface area contributed by atoms with Crippen molar-refractivity contribution in [3.8, 4) is 0 Å². The summed E-state index contributed by atoms with van der Waals surface area (Å²) in [5, 5.41) is 4.27. The molecule has 3 heterocycles. The fourth-order valence-corrected chi connectivity index (χ4v) is 4.63. The first kappa shape index (κ1) is 18.2. The van der Waals surface area contributed by atoms with E-state index in [-0.39, 0.29) is 18.1 Å². The van der Waals surface area contributed by atoms with Gasteiger partial charge in [0.2, 0.25) is 5.91 Å².